The first kappa shape index (κ1) is 40.8. The van der Waals surface area contributed by atoms with Crippen LogP contribution in [0.1, 0.15) is 18.4 Å². The molecule has 1 aliphatic rings. The lowest BCUT2D eigenvalue weighted by Crippen LogP contribution is -2.09. The summed E-state index contributed by atoms with van der Waals surface area (Å²) in [5.41, 5.74) is 18.2. The van der Waals surface area contributed by atoms with E-state index in [1.165, 1.54) is 87.9 Å². The monoisotopic (exact) mass is 906 g/mol. The van der Waals surface area contributed by atoms with Gasteiger partial charge in [-0.25, -0.2) is 0 Å². The van der Waals surface area contributed by atoms with Gasteiger partial charge in [-0.1, -0.05) is 182 Å². The van der Waals surface area contributed by atoms with Gasteiger partial charge in [0, 0.05) is 55.9 Å². The Morgan fingerprint density at radius 2 is 0.986 bits per heavy atom. The number of furan rings is 1. The predicted octanol–water partition coefficient (Wildman–Crippen LogP) is 19.2. The van der Waals surface area contributed by atoms with Gasteiger partial charge in [0.05, 0.1) is 11.0 Å². The Balaban J connectivity index is 0.877. The number of anilines is 3. The van der Waals surface area contributed by atoms with E-state index in [1.807, 2.05) is 0 Å². The molecule has 0 bridgehead atoms. The number of rotatable bonds is 8. The fourth-order valence-electron chi connectivity index (χ4n) is 11.3. The van der Waals surface area contributed by atoms with E-state index in [2.05, 4.69) is 264 Å². The molecule has 334 valence electrons. The number of nitrogens with zero attached hydrogens (tertiary/aromatic N) is 2. The molecule has 0 fully saturated rings. The number of allylic oxidation sites excluding steroid dienone is 4. The highest BCUT2D eigenvalue weighted by atomic mass is 16.3. The Bertz CT molecular complexity index is 4220. The van der Waals surface area contributed by atoms with Gasteiger partial charge in [0.25, 0.3) is 0 Å². The van der Waals surface area contributed by atoms with Crippen molar-refractivity contribution in [2.24, 2.45) is 0 Å². The lowest BCUT2D eigenvalue weighted by Gasteiger charge is -2.26. The van der Waals surface area contributed by atoms with Crippen LogP contribution in [0.15, 0.2) is 259 Å². The summed E-state index contributed by atoms with van der Waals surface area (Å²) in [6, 6.07) is 86.4. The molecule has 0 N–H and O–H groups in total. The molecule has 11 aromatic carbocycles. The first-order valence-corrected chi connectivity index (χ1v) is 24.6. The Labute approximate surface area is 412 Å². The maximum atomic E-state index is 6.87. The minimum absolute atomic E-state index is 0.872. The third-order valence-corrected chi connectivity index (χ3v) is 14.6. The van der Waals surface area contributed by atoms with Crippen LogP contribution in [0.25, 0.3) is 110 Å². The standard InChI is InChI=1S/C68H46N2O/c1-3-15-45(16-4-1)57-25-12-19-48-20-13-26-58(67(48)57)47-33-36-53(37-34-47)69(56-39-40-62-63-28-14-27-59(46-17-5-2-6-18-46)68(63)71-66(62)44-56)55-38-35-51-41-50(31-32-52(51)43-55)49-21-11-22-54(42-49)70-64-29-9-7-23-60(64)61-24-8-10-30-65(61)70/h1-5,7-17,19-44H,6,18H2. The van der Waals surface area contributed by atoms with E-state index in [1.54, 1.807) is 0 Å². The van der Waals surface area contributed by atoms with Crippen molar-refractivity contribution < 1.29 is 4.42 Å². The fourth-order valence-corrected chi connectivity index (χ4v) is 11.3. The van der Waals surface area contributed by atoms with Crippen molar-refractivity contribution in [1.82, 2.24) is 4.57 Å². The molecule has 0 aliphatic heterocycles. The molecule has 0 amide bonds. The number of para-hydroxylation sites is 3. The first-order valence-electron chi connectivity index (χ1n) is 24.6. The molecule has 0 saturated carbocycles. The largest absolute Gasteiger partial charge is 0.455 e. The van der Waals surface area contributed by atoms with Crippen LogP contribution in [0, 0.1) is 0 Å². The summed E-state index contributed by atoms with van der Waals surface area (Å²) < 4.78 is 9.26. The van der Waals surface area contributed by atoms with E-state index in [0.717, 1.165) is 57.5 Å². The number of aromatic nitrogens is 1. The van der Waals surface area contributed by atoms with Crippen LogP contribution in [-0.2, 0) is 0 Å². The molecule has 0 atom stereocenters. The smallest absolute Gasteiger partial charge is 0.142 e. The van der Waals surface area contributed by atoms with Gasteiger partial charge < -0.3 is 13.9 Å². The molecule has 2 aromatic heterocycles. The number of benzene rings is 11. The van der Waals surface area contributed by atoms with Crippen molar-refractivity contribution in [3.63, 3.8) is 0 Å². The predicted molar refractivity (Wildman–Crippen MR) is 300 cm³/mol. The van der Waals surface area contributed by atoms with Crippen molar-refractivity contribution in [1.29, 1.82) is 0 Å². The van der Waals surface area contributed by atoms with Crippen molar-refractivity contribution in [3.05, 3.63) is 260 Å². The van der Waals surface area contributed by atoms with E-state index < -0.39 is 0 Å². The molecule has 0 unspecified atom stereocenters. The molecule has 0 spiro atoms. The second-order valence-corrected chi connectivity index (χ2v) is 18.7. The first-order chi connectivity index (χ1) is 35.2. The summed E-state index contributed by atoms with van der Waals surface area (Å²) >= 11 is 0. The summed E-state index contributed by atoms with van der Waals surface area (Å²) in [6.45, 7) is 0. The van der Waals surface area contributed by atoms with Gasteiger partial charge in [-0.05, 0) is 140 Å². The second kappa shape index (κ2) is 16.8. The minimum atomic E-state index is 0.872. The average Bonchev–Trinajstić information content (AvgIpc) is 3.99. The summed E-state index contributed by atoms with van der Waals surface area (Å²) in [6.07, 6.45) is 8.68. The zero-order valence-electron chi connectivity index (χ0n) is 39.0. The van der Waals surface area contributed by atoms with Gasteiger partial charge >= 0.3 is 0 Å². The maximum Gasteiger partial charge on any atom is 0.142 e. The van der Waals surface area contributed by atoms with Gasteiger partial charge in [0.15, 0.2) is 0 Å². The fraction of sp³-hybridized carbons (Fsp3) is 0.0294. The molecule has 71 heavy (non-hydrogen) atoms. The lowest BCUT2D eigenvalue weighted by molar-refractivity contribution is 0.667. The molecule has 3 nitrogen and oxygen atoms in total. The van der Waals surface area contributed by atoms with Gasteiger partial charge in [-0.3, -0.25) is 0 Å². The Morgan fingerprint density at radius 1 is 0.394 bits per heavy atom. The van der Waals surface area contributed by atoms with Crippen LogP contribution in [-0.4, -0.2) is 4.57 Å². The molecular weight excluding hydrogens is 861 g/mol. The number of hydrogen-bond acceptors (Lipinski definition) is 2. The van der Waals surface area contributed by atoms with E-state index >= 15 is 0 Å². The summed E-state index contributed by atoms with van der Waals surface area (Å²) in [4.78, 5) is 2.37. The zero-order chi connectivity index (χ0) is 46.8. The maximum absolute atomic E-state index is 6.87. The lowest BCUT2D eigenvalue weighted by atomic mass is 9.91. The molecule has 3 heteroatoms. The van der Waals surface area contributed by atoms with Crippen molar-refractivity contribution in [2.45, 2.75) is 12.8 Å². The average molecular weight is 907 g/mol. The van der Waals surface area contributed by atoms with Crippen LogP contribution in [0.3, 0.4) is 0 Å². The topological polar surface area (TPSA) is 21.3 Å². The van der Waals surface area contributed by atoms with E-state index in [4.69, 9.17) is 4.42 Å². The molecular formula is C68H46N2O. The molecule has 0 saturated heterocycles. The summed E-state index contributed by atoms with van der Waals surface area (Å²) in [5.74, 6) is 0. The highest BCUT2D eigenvalue weighted by molar-refractivity contribution is 6.11. The van der Waals surface area contributed by atoms with Crippen LogP contribution in [0.2, 0.25) is 0 Å². The quantitative estimate of drug-likeness (QED) is 0.151. The zero-order valence-corrected chi connectivity index (χ0v) is 39.0. The second-order valence-electron chi connectivity index (χ2n) is 18.7. The third-order valence-electron chi connectivity index (χ3n) is 14.6. The van der Waals surface area contributed by atoms with Gasteiger partial charge in [-0.2, -0.15) is 0 Å². The van der Waals surface area contributed by atoms with Crippen LogP contribution < -0.4 is 4.90 Å². The third kappa shape index (κ3) is 6.96. The minimum Gasteiger partial charge on any atom is -0.455 e. The highest BCUT2D eigenvalue weighted by Gasteiger charge is 2.20. The Hall–Kier alpha value is -9.18. The Kier molecular flexibility index (Phi) is 9.67. The van der Waals surface area contributed by atoms with Crippen molar-refractivity contribution in [3.8, 4) is 39.1 Å². The van der Waals surface area contributed by atoms with Crippen LogP contribution in [0.4, 0.5) is 17.1 Å². The highest BCUT2D eigenvalue weighted by Crippen LogP contribution is 2.44. The SMILES string of the molecule is C1=CCCC(c2cccc3c2oc2cc(N(c4ccc(-c5cccc6cccc(-c7ccccc7)c56)cc4)c4ccc5cc(-c6cccc(-n7c8ccccc8c8ccccc87)c6)ccc5c4)ccc23)=C1. The molecule has 14 rings (SSSR count). The van der Waals surface area contributed by atoms with Crippen LogP contribution >= 0.6 is 0 Å². The van der Waals surface area contributed by atoms with E-state index in [0.29, 0.717) is 0 Å². The van der Waals surface area contributed by atoms with Crippen molar-refractivity contribution in [2.75, 3.05) is 4.90 Å². The van der Waals surface area contributed by atoms with Crippen molar-refractivity contribution >= 4 is 87.9 Å². The van der Waals surface area contributed by atoms with Gasteiger partial charge in [-0.15, -0.1) is 0 Å². The normalized spacial score (nSPS) is 12.7. The molecule has 13 aromatic rings. The van der Waals surface area contributed by atoms with Gasteiger partial charge in [0.1, 0.15) is 11.2 Å². The number of hydrogen-bond donors (Lipinski definition) is 0. The van der Waals surface area contributed by atoms with Gasteiger partial charge in [0.2, 0.25) is 0 Å². The number of fused-ring (bicyclic) bond motifs is 8. The molecule has 1 aliphatic carbocycles. The van der Waals surface area contributed by atoms with E-state index in [9.17, 15) is 0 Å². The van der Waals surface area contributed by atoms with E-state index in [-0.39, 0.29) is 0 Å². The summed E-state index contributed by atoms with van der Waals surface area (Å²) in [7, 11) is 0. The Morgan fingerprint density at radius 3 is 1.76 bits per heavy atom. The molecule has 2 heterocycles. The molecule has 0 radical (unpaired) electrons. The van der Waals surface area contributed by atoms with Crippen LogP contribution in [0.5, 0.6) is 0 Å². The summed E-state index contributed by atoms with van der Waals surface area (Å²) in [5, 5.41) is 9.62.